The molecular weight excluding hydrogens is 348 g/mol. The molecule has 2 aromatic rings. The van der Waals surface area contributed by atoms with Crippen LogP contribution in [0.15, 0.2) is 48.5 Å². The number of carbonyl (C=O) groups is 1. The first kappa shape index (κ1) is 19.1. The number of hydrogen-bond donors (Lipinski definition) is 0. The van der Waals surface area contributed by atoms with Crippen molar-refractivity contribution >= 4 is 17.9 Å². The van der Waals surface area contributed by atoms with Crippen molar-refractivity contribution in [1.82, 2.24) is 9.80 Å². The molecule has 2 aromatic carbocycles. The van der Waals surface area contributed by atoms with Crippen molar-refractivity contribution in [3.8, 4) is 11.1 Å². The molecule has 0 aromatic heterocycles. The molecule has 1 aliphatic rings. The smallest absolute Gasteiger partial charge is 0.145 e. The zero-order valence-corrected chi connectivity index (χ0v) is 15.7. The monoisotopic (exact) mass is 372 g/mol. The van der Waals surface area contributed by atoms with Gasteiger partial charge >= 0.3 is 0 Å². The molecule has 0 N–H and O–H groups in total. The maximum Gasteiger partial charge on any atom is 0.145 e. The first-order valence-electron chi connectivity index (χ1n) is 9.06. The van der Waals surface area contributed by atoms with E-state index in [1.807, 2.05) is 12.1 Å². The van der Waals surface area contributed by atoms with Crippen molar-refractivity contribution in [3.05, 3.63) is 59.1 Å². The lowest BCUT2D eigenvalue weighted by atomic mass is 9.99. The van der Waals surface area contributed by atoms with Crippen molar-refractivity contribution < 1.29 is 9.53 Å². The average Bonchev–Trinajstić information content (AvgIpc) is 2.68. The van der Waals surface area contributed by atoms with Gasteiger partial charge in [-0.3, -0.25) is 9.80 Å². The van der Waals surface area contributed by atoms with Crippen LogP contribution in [0.5, 0.6) is 0 Å². The van der Waals surface area contributed by atoms with Gasteiger partial charge in [-0.25, -0.2) is 0 Å². The number of piperazine rings is 1. The summed E-state index contributed by atoms with van der Waals surface area (Å²) in [6, 6.07) is 16.6. The molecule has 138 valence electrons. The molecule has 1 aliphatic heterocycles. The summed E-state index contributed by atoms with van der Waals surface area (Å²) in [6.45, 7) is 6.82. The van der Waals surface area contributed by atoms with Crippen molar-refractivity contribution in [2.45, 2.75) is 6.54 Å². The molecule has 5 heteroatoms. The van der Waals surface area contributed by atoms with E-state index in [9.17, 15) is 4.79 Å². The van der Waals surface area contributed by atoms with Gasteiger partial charge in [0, 0.05) is 44.3 Å². The van der Waals surface area contributed by atoms with Gasteiger partial charge in [-0.05, 0) is 28.8 Å². The second-order valence-corrected chi connectivity index (χ2v) is 6.96. The quantitative estimate of drug-likeness (QED) is 0.525. The maximum absolute atomic E-state index is 10.3. The normalized spacial score (nSPS) is 15.9. The molecule has 1 fully saturated rings. The summed E-state index contributed by atoms with van der Waals surface area (Å²) in [5.41, 5.74) is 3.82. The summed E-state index contributed by atoms with van der Waals surface area (Å²) >= 11 is 6.02. The van der Waals surface area contributed by atoms with Crippen molar-refractivity contribution in [3.63, 3.8) is 0 Å². The largest absolute Gasteiger partial charge is 0.373 e. The first-order valence-corrected chi connectivity index (χ1v) is 9.44. The Morgan fingerprint density at radius 2 is 1.65 bits per heavy atom. The highest BCUT2D eigenvalue weighted by molar-refractivity contribution is 6.30. The van der Waals surface area contributed by atoms with Gasteiger partial charge in [0.1, 0.15) is 12.9 Å². The lowest BCUT2D eigenvalue weighted by molar-refractivity contribution is -0.112. The van der Waals surface area contributed by atoms with Crippen LogP contribution >= 0.6 is 11.6 Å². The maximum atomic E-state index is 10.3. The molecule has 4 nitrogen and oxygen atoms in total. The molecule has 1 heterocycles. The number of ether oxygens (including phenoxy) is 1. The molecule has 1 saturated heterocycles. The van der Waals surface area contributed by atoms with Crippen LogP contribution in [-0.4, -0.2) is 62.0 Å². The fraction of sp³-hybridized carbons (Fsp3) is 0.381. The van der Waals surface area contributed by atoms with E-state index >= 15 is 0 Å². The zero-order chi connectivity index (χ0) is 18.2. The highest BCUT2D eigenvalue weighted by Crippen LogP contribution is 2.26. The molecule has 0 bridgehead atoms. The molecule has 0 radical (unpaired) electrons. The van der Waals surface area contributed by atoms with Gasteiger partial charge in [0.05, 0.1) is 6.61 Å². The van der Waals surface area contributed by atoms with E-state index in [1.165, 1.54) is 16.7 Å². The van der Waals surface area contributed by atoms with Crippen LogP contribution in [0.3, 0.4) is 0 Å². The van der Waals surface area contributed by atoms with Gasteiger partial charge in [-0.15, -0.1) is 0 Å². The predicted octanol–water partition coefficient (Wildman–Crippen LogP) is 3.34. The Kier molecular flexibility index (Phi) is 7.21. The Morgan fingerprint density at radius 3 is 2.38 bits per heavy atom. The van der Waals surface area contributed by atoms with E-state index in [0.29, 0.717) is 6.61 Å². The molecule has 0 aliphatic carbocycles. The molecule has 0 amide bonds. The lowest BCUT2D eigenvalue weighted by Crippen LogP contribution is -2.46. The number of aldehydes is 1. The minimum Gasteiger partial charge on any atom is -0.373 e. The third-order valence-electron chi connectivity index (χ3n) is 4.77. The number of rotatable bonds is 8. The van der Waals surface area contributed by atoms with E-state index in [0.717, 1.165) is 50.6 Å². The minimum absolute atomic E-state index is 0.196. The number of carbonyl (C=O) groups excluding carboxylic acids is 1. The van der Waals surface area contributed by atoms with Gasteiger partial charge in [-0.2, -0.15) is 0 Å². The number of nitrogens with zero attached hydrogens (tertiary/aromatic N) is 2. The van der Waals surface area contributed by atoms with E-state index < -0.39 is 0 Å². The summed E-state index contributed by atoms with van der Waals surface area (Å²) in [4.78, 5) is 15.2. The predicted molar refractivity (Wildman–Crippen MR) is 105 cm³/mol. The van der Waals surface area contributed by atoms with Gasteiger partial charge in [0.2, 0.25) is 0 Å². The molecule has 0 saturated carbocycles. The standard InChI is InChI=1S/C21H25ClN2O2/c22-20-7-5-18(6-8-20)21-4-2-1-3-19(21)17-24-11-9-23(10-12-24)13-15-26-16-14-25/h1-8,14H,9-13,15-17H2. The van der Waals surface area contributed by atoms with Gasteiger partial charge in [-0.1, -0.05) is 48.0 Å². The average molecular weight is 373 g/mol. The van der Waals surface area contributed by atoms with Crippen LogP contribution < -0.4 is 0 Å². The van der Waals surface area contributed by atoms with Crippen LogP contribution in [0.25, 0.3) is 11.1 Å². The summed E-state index contributed by atoms with van der Waals surface area (Å²) in [7, 11) is 0. The molecule has 0 spiro atoms. The van der Waals surface area contributed by atoms with E-state index in [1.54, 1.807) is 0 Å². The molecule has 26 heavy (non-hydrogen) atoms. The lowest BCUT2D eigenvalue weighted by Gasteiger charge is -2.35. The summed E-state index contributed by atoms with van der Waals surface area (Å²) < 4.78 is 5.25. The van der Waals surface area contributed by atoms with Gasteiger partial charge in [0.25, 0.3) is 0 Å². The highest BCUT2D eigenvalue weighted by Gasteiger charge is 2.17. The van der Waals surface area contributed by atoms with Gasteiger partial charge < -0.3 is 9.53 Å². The molecule has 0 unspecified atom stereocenters. The summed E-state index contributed by atoms with van der Waals surface area (Å²) in [5.74, 6) is 0. The van der Waals surface area contributed by atoms with Crippen LogP contribution in [-0.2, 0) is 16.1 Å². The van der Waals surface area contributed by atoms with Crippen molar-refractivity contribution in [2.24, 2.45) is 0 Å². The highest BCUT2D eigenvalue weighted by atomic mass is 35.5. The Labute approximate surface area is 160 Å². The fourth-order valence-electron chi connectivity index (χ4n) is 3.31. The molecular formula is C21H25ClN2O2. The summed E-state index contributed by atoms with van der Waals surface area (Å²) in [5, 5.41) is 0.763. The van der Waals surface area contributed by atoms with E-state index in [4.69, 9.17) is 16.3 Å². The third-order valence-corrected chi connectivity index (χ3v) is 5.02. The number of hydrogen-bond acceptors (Lipinski definition) is 4. The second kappa shape index (κ2) is 9.83. The molecule has 0 atom stereocenters. The van der Waals surface area contributed by atoms with Crippen LogP contribution in [0.2, 0.25) is 5.02 Å². The summed E-state index contributed by atoms with van der Waals surface area (Å²) in [6.07, 6.45) is 0.802. The van der Waals surface area contributed by atoms with E-state index in [-0.39, 0.29) is 6.61 Å². The minimum atomic E-state index is 0.196. The Balaban J connectivity index is 1.56. The van der Waals surface area contributed by atoms with Crippen LogP contribution in [0.4, 0.5) is 0 Å². The zero-order valence-electron chi connectivity index (χ0n) is 14.9. The number of halogens is 1. The Morgan fingerprint density at radius 1 is 0.962 bits per heavy atom. The SMILES string of the molecule is O=CCOCCN1CCN(Cc2ccccc2-c2ccc(Cl)cc2)CC1. The second-order valence-electron chi connectivity index (χ2n) is 6.52. The first-order chi connectivity index (χ1) is 12.8. The van der Waals surface area contributed by atoms with Crippen LogP contribution in [0, 0.1) is 0 Å². The van der Waals surface area contributed by atoms with E-state index in [2.05, 4.69) is 46.2 Å². The topological polar surface area (TPSA) is 32.8 Å². The Hall–Kier alpha value is -1.72. The van der Waals surface area contributed by atoms with Gasteiger partial charge in [0.15, 0.2) is 0 Å². The fourth-order valence-corrected chi connectivity index (χ4v) is 3.43. The number of benzene rings is 2. The van der Waals surface area contributed by atoms with Crippen molar-refractivity contribution in [2.75, 3.05) is 45.9 Å². The third kappa shape index (κ3) is 5.39. The molecule has 3 rings (SSSR count). The Bertz CT molecular complexity index is 697. The van der Waals surface area contributed by atoms with Crippen molar-refractivity contribution in [1.29, 1.82) is 0 Å². The van der Waals surface area contributed by atoms with Crippen LogP contribution in [0.1, 0.15) is 5.56 Å².